The average Bonchev–Trinajstić information content (AvgIpc) is 2.53. The first-order valence-corrected chi connectivity index (χ1v) is 4.09. The molecule has 1 fully saturated rings. The Hall–Kier alpha value is -1.71. The molecule has 4 heteroatoms. The molecule has 2 amide bonds. The van der Waals surface area contributed by atoms with Crippen molar-refractivity contribution >= 4 is 6.03 Å². The van der Waals surface area contributed by atoms with Crippen molar-refractivity contribution in [3.05, 3.63) is 29.8 Å². The number of carbonyl (C=O) groups excluding carboxylic acids is 1. The van der Waals surface area contributed by atoms with Crippen LogP contribution in [0.4, 0.5) is 4.79 Å². The van der Waals surface area contributed by atoms with Crippen molar-refractivity contribution in [3.63, 3.8) is 0 Å². The van der Waals surface area contributed by atoms with Crippen LogP contribution in [0.15, 0.2) is 24.3 Å². The number of aromatic hydroxyl groups is 1. The highest BCUT2D eigenvalue weighted by molar-refractivity contribution is 5.76. The van der Waals surface area contributed by atoms with Crippen LogP contribution in [0.5, 0.6) is 5.75 Å². The van der Waals surface area contributed by atoms with Crippen LogP contribution in [0.1, 0.15) is 11.6 Å². The third-order valence-corrected chi connectivity index (χ3v) is 2.07. The highest BCUT2D eigenvalue weighted by Gasteiger charge is 2.20. The van der Waals surface area contributed by atoms with E-state index in [0.717, 1.165) is 5.56 Å². The van der Waals surface area contributed by atoms with Gasteiger partial charge in [-0.25, -0.2) is 4.79 Å². The molecule has 0 aliphatic carbocycles. The lowest BCUT2D eigenvalue weighted by molar-refractivity contribution is 0.247. The number of urea groups is 1. The third kappa shape index (κ3) is 1.56. The number of carbonyl (C=O) groups is 1. The Morgan fingerprint density at radius 2 is 2.00 bits per heavy atom. The summed E-state index contributed by atoms with van der Waals surface area (Å²) in [6.45, 7) is 0.601. The number of amides is 2. The highest BCUT2D eigenvalue weighted by atomic mass is 16.3. The molecule has 1 aromatic rings. The quantitative estimate of drug-likeness (QED) is 0.594. The normalized spacial score (nSPS) is 20.9. The second-order valence-electron chi connectivity index (χ2n) is 3.00. The largest absolute Gasteiger partial charge is 0.508 e. The van der Waals surface area contributed by atoms with Crippen LogP contribution in [-0.4, -0.2) is 17.7 Å². The van der Waals surface area contributed by atoms with Crippen molar-refractivity contribution in [2.45, 2.75) is 6.04 Å². The Balaban J connectivity index is 2.17. The second-order valence-corrected chi connectivity index (χ2v) is 3.00. The lowest BCUT2D eigenvalue weighted by Gasteiger charge is -2.07. The van der Waals surface area contributed by atoms with E-state index in [2.05, 4.69) is 10.6 Å². The Morgan fingerprint density at radius 3 is 2.54 bits per heavy atom. The summed E-state index contributed by atoms with van der Waals surface area (Å²) < 4.78 is 0. The highest BCUT2D eigenvalue weighted by Crippen LogP contribution is 2.17. The Bertz CT molecular complexity index is 321. The van der Waals surface area contributed by atoms with Gasteiger partial charge in [-0.2, -0.15) is 0 Å². The molecule has 1 atom stereocenters. The lowest BCUT2D eigenvalue weighted by Crippen LogP contribution is -2.21. The van der Waals surface area contributed by atoms with Crippen LogP contribution in [0, 0.1) is 0 Å². The zero-order valence-corrected chi connectivity index (χ0v) is 6.95. The molecule has 3 N–H and O–H groups in total. The number of benzene rings is 1. The maximum absolute atomic E-state index is 10.8. The number of hydrogen-bond acceptors (Lipinski definition) is 2. The first-order valence-electron chi connectivity index (χ1n) is 4.09. The Labute approximate surface area is 75.6 Å². The molecule has 13 heavy (non-hydrogen) atoms. The van der Waals surface area contributed by atoms with E-state index >= 15 is 0 Å². The molecule has 0 spiro atoms. The van der Waals surface area contributed by atoms with Gasteiger partial charge in [0.05, 0.1) is 6.04 Å². The molecule has 4 nitrogen and oxygen atoms in total. The van der Waals surface area contributed by atoms with Crippen LogP contribution in [0.2, 0.25) is 0 Å². The van der Waals surface area contributed by atoms with E-state index in [1.807, 2.05) is 0 Å². The SMILES string of the molecule is O=C1NC[C@@H](c2ccc(O)cc2)N1. The number of phenols is 1. The van der Waals surface area contributed by atoms with Gasteiger partial charge in [-0.15, -0.1) is 0 Å². The second kappa shape index (κ2) is 2.97. The maximum Gasteiger partial charge on any atom is 0.315 e. The molecule has 0 saturated carbocycles. The van der Waals surface area contributed by atoms with Crippen molar-refractivity contribution in [1.82, 2.24) is 10.6 Å². The minimum absolute atomic E-state index is 0.0214. The third-order valence-electron chi connectivity index (χ3n) is 2.07. The van der Waals surface area contributed by atoms with E-state index in [-0.39, 0.29) is 17.8 Å². The van der Waals surface area contributed by atoms with Crippen LogP contribution in [-0.2, 0) is 0 Å². The predicted molar refractivity (Wildman–Crippen MR) is 47.4 cm³/mol. The van der Waals surface area contributed by atoms with Gasteiger partial charge in [0.1, 0.15) is 5.75 Å². The van der Waals surface area contributed by atoms with Crippen LogP contribution < -0.4 is 10.6 Å². The molecule has 0 unspecified atom stereocenters. The standard InChI is InChI=1S/C9H10N2O2/c12-7-3-1-6(2-4-7)8-5-10-9(13)11-8/h1-4,8,12H,5H2,(H2,10,11,13)/t8-/m0/s1. The first-order chi connectivity index (χ1) is 6.25. The van der Waals surface area contributed by atoms with Gasteiger partial charge in [0.25, 0.3) is 0 Å². The van der Waals surface area contributed by atoms with Gasteiger partial charge in [0, 0.05) is 6.54 Å². The fourth-order valence-corrected chi connectivity index (χ4v) is 1.36. The molecule has 0 aromatic heterocycles. The average molecular weight is 178 g/mol. The van der Waals surface area contributed by atoms with Crippen molar-refractivity contribution < 1.29 is 9.90 Å². The van der Waals surface area contributed by atoms with Gasteiger partial charge < -0.3 is 15.7 Å². The van der Waals surface area contributed by atoms with Gasteiger partial charge in [-0.3, -0.25) is 0 Å². The summed E-state index contributed by atoms with van der Waals surface area (Å²) in [5.74, 6) is 0.237. The van der Waals surface area contributed by atoms with Crippen molar-refractivity contribution in [2.24, 2.45) is 0 Å². The van der Waals surface area contributed by atoms with Gasteiger partial charge in [-0.05, 0) is 17.7 Å². The number of phenolic OH excluding ortho intramolecular Hbond substituents is 1. The summed E-state index contributed by atoms with van der Waals surface area (Å²) in [7, 11) is 0. The predicted octanol–water partition coefficient (Wildman–Crippen LogP) is 0.746. The van der Waals surface area contributed by atoms with Gasteiger partial charge in [0.2, 0.25) is 0 Å². The molecule has 1 aliphatic heterocycles. The number of hydrogen-bond donors (Lipinski definition) is 3. The van der Waals surface area contributed by atoms with E-state index in [1.54, 1.807) is 24.3 Å². The van der Waals surface area contributed by atoms with Gasteiger partial charge >= 0.3 is 6.03 Å². The molecular formula is C9H10N2O2. The van der Waals surface area contributed by atoms with Crippen LogP contribution in [0.3, 0.4) is 0 Å². The monoisotopic (exact) mass is 178 g/mol. The fraction of sp³-hybridized carbons (Fsp3) is 0.222. The Morgan fingerprint density at radius 1 is 1.31 bits per heavy atom. The maximum atomic E-state index is 10.8. The van der Waals surface area contributed by atoms with Crippen LogP contribution >= 0.6 is 0 Å². The summed E-state index contributed by atoms with van der Waals surface area (Å²) in [5, 5.41) is 14.5. The smallest absolute Gasteiger partial charge is 0.315 e. The first kappa shape index (κ1) is 7.91. The van der Waals surface area contributed by atoms with E-state index < -0.39 is 0 Å². The summed E-state index contributed by atoms with van der Waals surface area (Å²) in [6.07, 6.45) is 0. The van der Waals surface area contributed by atoms with Crippen molar-refractivity contribution in [1.29, 1.82) is 0 Å². The lowest BCUT2D eigenvalue weighted by atomic mass is 10.1. The van der Waals surface area contributed by atoms with E-state index in [9.17, 15) is 4.79 Å². The van der Waals surface area contributed by atoms with E-state index in [4.69, 9.17) is 5.11 Å². The number of rotatable bonds is 1. The van der Waals surface area contributed by atoms with Crippen molar-refractivity contribution in [2.75, 3.05) is 6.54 Å². The molecular weight excluding hydrogens is 168 g/mol. The molecule has 1 aromatic carbocycles. The minimum Gasteiger partial charge on any atom is -0.508 e. The zero-order chi connectivity index (χ0) is 9.26. The topological polar surface area (TPSA) is 61.4 Å². The minimum atomic E-state index is -0.141. The van der Waals surface area contributed by atoms with E-state index in [1.165, 1.54) is 0 Å². The van der Waals surface area contributed by atoms with Gasteiger partial charge in [0.15, 0.2) is 0 Å². The molecule has 1 aliphatic rings. The van der Waals surface area contributed by atoms with Crippen LogP contribution in [0.25, 0.3) is 0 Å². The molecule has 0 bridgehead atoms. The summed E-state index contributed by atoms with van der Waals surface area (Å²) in [4.78, 5) is 10.8. The summed E-state index contributed by atoms with van der Waals surface area (Å²) in [5.41, 5.74) is 0.996. The van der Waals surface area contributed by atoms with Crippen molar-refractivity contribution in [3.8, 4) is 5.75 Å². The molecule has 68 valence electrons. The Kier molecular flexibility index (Phi) is 1.81. The molecule has 2 rings (SSSR count). The fourth-order valence-electron chi connectivity index (χ4n) is 1.36. The summed E-state index contributed by atoms with van der Waals surface area (Å²) >= 11 is 0. The van der Waals surface area contributed by atoms with E-state index in [0.29, 0.717) is 6.54 Å². The molecule has 0 radical (unpaired) electrons. The van der Waals surface area contributed by atoms with Gasteiger partial charge in [-0.1, -0.05) is 12.1 Å². The summed E-state index contributed by atoms with van der Waals surface area (Å²) in [6, 6.07) is 6.70. The molecule has 1 heterocycles. The zero-order valence-electron chi connectivity index (χ0n) is 6.95. The molecule has 1 saturated heterocycles. The number of nitrogens with one attached hydrogen (secondary N) is 2.